The summed E-state index contributed by atoms with van der Waals surface area (Å²) in [7, 11) is 2.17. The summed E-state index contributed by atoms with van der Waals surface area (Å²) in [5, 5.41) is 3.05. The lowest BCUT2D eigenvalue weighted by Gasteiger charge is -2.47. The highest BCUT2D eigenvalue weighted by molar-refractivity contribution is 5.90. The van der Waals surface area contributed by atoms with Gasteiger partial charge in [0.1, 0.15) is 0 Å². The van der Waals surface area contributed by atoms with Crippen LogP contribution in [0.4, 0.5) is 10.5 Å². The maximum atomic E-state index is 12.3. The smallest absolute Gasteiger partial charge is 0.321 e. The average Bonchev–Trinajstić information content (AvgIpc) is 2.48. The lowest BCUT2D eigenvalue weighted by atomic mass is 10.1. The number of likely N-dealkylation sites (tertiary alicyclic amines) is 1. The first-order valence-corrected chi connectivity index (χ1v) is 8.24. The highest BCUT2D eigenvalue weighted by atomic mass is 16.2. The largest absolute Gasteiger partial charge is 0.321 e. The summed E-state index contributed by atoms with van der Waals surface area (Å²) in [6.45, 7) is 8.31. The number of urea groups is 1. The van der Waals surface area contributed by atoms with Crippen molar-refractivity contribution in [3.63, 3.8) is 0 Å². The molecule has 0 atom stereocenters. The van der Waals surface area contributed by atoms with Crippen molar-refractivity contribution < 1.29 is 4.79 Å². The molecule has 0 bridgehead atoms. The Morgan fingerprint density at radius 2 is 1.86 bits per heavy atom. The van der Waals surface area contributed by atoms with Gasteiger partial charge in [-0.2, -0.15) is 0 Å². The Morgan fingerprint density at radius 3 is 2.55 bits per heavy atom. The van der Waals surface area contributed by atoms with Crippen molar-refractivity contribution in [2.45, 2.75) is 19.4 Å². The Bertz CT molecular complexity index is 519. The number of carbonyl (C=O) groups is 1. The lowest BCUT2D eigenvalue weighted by molar-refractivity contribution is 0.0318. The van der Waals surface area contributed by atoms with Gasteiger partial charge in [0.15, 0.2) is 0 Å². The third-order valence-electron chi connectivity index (χ3n) is 4.84. The Balaban J connectivity index is 1.49. The zero-order valence-electron chi connectivity index (χ0n) is 13.6. The van der Waals surface area contributed by atoms with Gasteiger partial charge in [-0.3, -0.25) is 4.90 Å². The van der Waals surface area contributed by atoms with Crippen LogP contribution in [0.15, 0.2) is 24.3 Å². The molecule has 2 saturated heterocycles. The molecule has 2 fully saturated rings. The highest BCUT2D eigenvalue weighted by Crippen LogP contribution is 2.20. The summed E-state index contributed by atoms with van der Waals surface area (Å²) in [5.41, 5.74) is 2.13. The first-order valence-electron chi connectivity index (χ1n) is 8.24. The molecule has 0 spiro atoms. The first-order chi connectivity index (χ1) is 10.7. The molecule has 2 aliphatic heterocycles. The zero-order valence-corrected chi connectivity index (χ0v) is 13.6. The third kappa shape index (κ3) is 3.25. The third-order valence-corrected chi connectivity index (χ3v) is 4.84. The number of likely N-dealkylation sites (N-methyl/N-ethyl adjacent to an activating group) is 1. The number of carbonyl (C=O) groups excluding carboxylic acids is 1. The van der Waals surface area contributed by atoms with Gasteiger partial charge >= 0.3 is 6.03 Å². The SMILES string of the molecule is CCc1ccccc1NC(=O)N1CC(N2CCN(C)CC2)C1. The summed E-state index contributed by atoms with van der Waals surface area (Å²) in [6.07, 6.45) is 0.931. The molecule has 0 unspecified atom stereocenters. The molecule has 1 aromatic carbocycles. The quantitative estimate of drug-likeness (QED) is 0.924. The van der Waals surface area contributed by atoms with Gasteiger partial charge in [0.05, 0.1) is 0 Å². The molecule has 0 saturated carbocycles. The van der Waals surface area contributed by atoms with E-state index < -0.39 is 0 Å². The van der Waals surface area contributed by atoms with Gasteiger partial charge in [0, 0.05) is 51.0 Å². The van der Waals surface area contributed by atoms with E-state index in [9.17, 15) is 4.79 Å². The summed E-state index contributed by atoms with van der Waals surface area (Å²) in [4.78, 5) is 19.1. The predicted molar refractivity (Wildman–Crippen MR) is 89.3 cm³/mol. The van der Waals surface area contributed by atoms with Crippen molar-refractivity contribution in [1.82, 2.24) is 14.7 Å². The summed E-state index contributed by atoms with van der Waals surface area (Å²) in [5.74, 6) is 0. The Morgan fingerprint density at radius 1 is 1.18 bits per heavy atom. The molecule has 1 N–H and O–H groups in total. The van der Waals surface area contributed by atoms with Crippen molar-refractivity contribution >= 4 is 11.7 Å². The molecule has 1 aromatic rings. The van der Waals surface area contributed by atoms with E-state index in [1.54, 1.807) is 0 Å². The molecular weight excluding hydrogens is 276 g/mol. The van der Waals surface area contributed by atoms with E-state index in [-0.39, 0.29) is 6.03 Å². The van der Waals surface area contributed by atoms with Crippen molar-refractivity contribution in [2.24, 2.45) is 0 Å². The summed E-state index contributed by atoms with van der Waals surface area (Å²) >= 11 is 0. The van der Waals surface area contributed by atoms with Gasteiger partial charge in [-0.05, 0) is 25.1 Å². The zero-order chi connectivity index (χ0) is 15.5. The average molecular weight is 302 g/mol. The number of nitrogens with one attached hydrogen (secondary N) is 1. The molecule has 2 amide bonds. The Labute approximate surface area is 132 Å². The van der Waals surface area contributed by atoms with E-state index in [1.807, 2.05) is 23.1 Å². The standard InChI is InChI=1S/C17H26N4O/c1-3-14-6-4-5-7-16(14)18-17(22)21-12-15(13-21)20-10-8-19(2)9-11-20/h4-7,15H,3,8-13H2,1-2H3,(H,18,22). The van der Waals surface area contributed by atoms with Crippen LogP contribution in [0.3, 0.4) is 0 Å². The second-order valence-corrected chi connectivity index (χ2v) is 6.34. The van der Waals surface area contributed by atoms with Crippen molar-refractivity contribution in [1.29, 1.82) is 0 Å². The fourth-order valence-corrected chi connectivity index (χ4v) is 3.18. The molecule has 120 valence electrons. The van der Waals surface area contributed by atoms with Crippen LogP contribution in [0.5, 0.6) is 0 Å². The van der Waals surface area contributed by atoms with E-state index in [0.717, 1.165) is 51.4 Å². The van der Waals surface area contributed by atoms with Crippen LogP contribution in [0.2, 0.25) is 0 Å². The molecule has 2 heterocycles. The molecule has 2 aliphatic rings. The Kier molecular flexibility index (Phi) is 4.64. The minimum atomic E-state index is 0.0336. The van der Waals surface area contributed by atoms with Crippen LogP contribution >= 0.6 is 0 Å². The molecule has 0 radical (unpaired) electrons. The lowest BCUT2D eigenvalue weighted by Crippen LogP contribution is -2.64. The summed E-state index contributed by atoms with van der Waals surface area (Å²) < 4.78 is 0. The maximum absolute atomic E-state index is 12.3. The van der Waals surface area contributed by atoms with Crippen LogP contribution in [0.1, 0.15) is 12.5 Å². The topological polar surface area (TPSA) is 38.8 Å². The van der Waals surface area contributed by atoms with Crippen LogP contribution in [0.25, 0.3) is 0 Å². The van der Waals surface area contributed by atoms with E-state index in [1.165, 1.54) is 5.56 Å². The number of rotatable bonds is 3. The second kappa shape index (κ2) is 6.67. The molecule has 0 aromatic heterocycles. The minimum absolute atomic E-state index is 0.0336. The monoisotopic (exact) mass is 302 g/mol. The maximum Gasteiger partial charge on any atom is 0.321 e. The normalized spacial score (nSPS) is 20.7. The summed E-state index contributed by atoms with van der Waals surface area (Å²) in [6, 6.07) is 8.61. The van der Waals surface area contributed by atoms with E-state index in [4.69, 9.17) is 0 Å². The van der Waals surface area contributed by atoms with Crippen LogP contribution in [0, 0.1) is 0 Å². The number of amides is 2. The first kappa shape index (κ1) is 15.3. The van der Waals surface area contributed by atoms with Crippen LogP contribution in [-0.4, -0.2) is 73.1 Å². The predicted octanol–water partition coefficient (Wildman–Crippen LogP) is 1.71. The highest BCUT2D eigenvalue weighted by Gasteiger charge is 2.35. The molecule has 0 aliphatic carbocycles. The number of nitrogens with zero attached hydrogens (tertiary/aromatic N) is 3. The Hall–Kier alpha value is -1.59. The fraction of sp³-hybridized carbons (Fsp3) is 0.588. The van der Waals surface area contributed by atoms with E-state index in [2.05, 4.69) is 35.2 Å². The molecule has 22 heavy (non-hydrogen) atoms. The molecule has 5 nitrogen and oxygen atoms in total. The van der Waals surface area contributed by atoms with E-state index >= 15 is 0 Å². The molecular formula is C17H26N4O. The van der Waals surface area contributed by atoms with Gasteiger partial charge in [-0.1, -0.05) is 25.1 Å². The van der Waals surface area contributed by atoms with Gasteiger partial charge in [0.2, 0.25) is 0 Å². The van der Waals surface area contributed by atoms with Gasteiger partial charge in [-0.25, -0.2) is 4.79 Å². The number of hydrogen-bond donors (Lipinski definition) is 1. The number of piperazine rings is 1. The van der Waals surface area contributed by atoms with Gasteiger partial charge < -0.3 is 15.1 Å². The minimum Gasteiger partial charge on any atom is -0.321 e. The number of para-hydroxylation sites is 1. The van der Waals surface area contributed by atoms with Crippen molar-refractivity contribution in [3.8, 4) is 0 Å². The number of aryl methyl sites for hydroxylation is 1. The molecule has 3 rings (SSSR count). The second-order valence-electron chi connectivity index (χ2n) is 6.34. The van der Waals surface area contributed by atoms with Gasteiger partial charge in [0.25, 0.3) is 0 Å². The molecule has 5 heteroatoms. The van der Waals surface area contributed by atoms with Gasteiger partial charge in [-0.15, -0.1) is 0 Å². The number of hydrogen-bond acceptors (Lipinski definition) is 3. The van der Waals surface area contributed by atoms with Crippen molar-refractivity contribution in [2.75, 3.05) is 51.6 Å². The van der Waals surface area contributed by atoms with E-state index in [0.29, 0.717) is 6.04 Å². The number of benzene rings is 1. The van der Waals surface area contributed by atoms with Crippen LogP contribution < -0.4 is 5.32 Å². The number of anilines is 1. The van der Waals surface area contributed by atoms with Crippen molar-refractivity contribution in [3.05, 3.63) is 29.8 Å². The van der Waals surface area contributed by atoms with Crippen LogP contribution in [-0.2, 0) is 6.42 Å². The fourth-order valence-electron chi connectivity index (χ4n) is 3.18.